The highest BCUT2D eigenvalue weighted by Gasteiger charge is 2.22. The molecule has 8 heteroatoms. The lowest BCUT2D eigenvalue weighted by molar-refractivity contribution is 0.151. The van der Waals surface area contributed by atoms with Gasteiger partial charge in [0.05, 0.1) is 4.34 Å². The summed E-state index contributed by atoms with van der Waals surface area (Å²) in [6.07, 6.45) is 0.846. The zero-order valence-corrected chi connectivity index (χ0v) is 14.8. The van der Waals surface area contributed by atoms with E-state index in [9.17, 15) is 8.42 Å². The normalized spacial score (nSPS) is 18.5. The number of hydrogen-bond donors (Lipinski definition) is 0. The summed E-state index contributed by atoms with van der Waals surface area (Å²) in [7, 11) is 0.371. The minimum Gasteiger partial charge on any atom is -0.304 e. The third kappa shape index (κ3) is 4.64. The molecule has 0 atom stereocenters. The molecule has 1 aromatic rings. The standard InChI is InChI=1S/C13H22ClN3O2S2/c1-15-8-10-17(11-9-15)7-3-6-16(2)21(18,19)13-5-4-12(14)20-13/h4-5H,3,6-11H2,1-2H3. The van der Waals surface area contributed by atoms with Gasteiger partial charge in [-0.3, -0.25) is 0 Å². The number of piperazine rings is 1. The van der Waals surface area contributed by atoms with Crippen LogP contribution in [0.4, 0.5) is 0 Å². The number of sulfonamides is 1. The zero-order valence-electron chi connectivity index (χ0n) is 12.5. The van der Waals surface area contributed by atoms with Crippen molar-refractivity contribution in [1.82, 2.24) is 14.1 Å². The number of rotatable bonds is 6. The van der Waals surface area contributed by atoms with Crippen molar-refractivity contribution in [3.05, 3.63) is 16.5 Å². The first kappa shape index (κ1) is 17.2. The lowest BCUT2D eigenvalue weighted by atomic mass is 10.3. The van der Waals surface area contributed by atoms with Gasteiger partial charge in [0.1, 0.15) is 4.21 Å². The van der Waals surface area contributed by atoms with Gasteiger partial charge in [0, 0.05) is 39.8 Å². The highest BCUT2D eigenvalue weighted by Crippen LogP contribution is 2.27. The highest BCUT2D eigenvalue weighted by atomic mass is 35.5. The van der Waals surface area contributed by atoms with Crippen molar-refractivity contribution in [3.8, 4) is 0 Å². The first-order chi connectivity index (χ1) is 9.89. The van der Waals surface area contributed by atoms with E-state index in [0.29, 0.717) is 15.1 Å². The van der Waals surface area contributed by atoms with E-state index in [1.807, 2.05) is 0 Å². The summed E-state index contributed by atoms with van der Waals surface area (Å²) >= 11 is 6.92. The van der Waals surface area contributed by atoms with E-state index in [2.05, 4.69) is 16.8 Å². The third-order valence-electron chi connectivity index (χ3n) is 3.76. The summed E-state index contributed by atoms with van der Waals surface area (Å²) in [5.41, 5.74) is 0. The molecule has 1 aliphatic heterocycles. The maximum atomic E-state index is 12.3. The average molecular weight is 352 g/mol. The summed E-state index contributed by atoms with van der Waals surface area (Å²) in [6.45, 7) is 5.77. The summed E-state index contributed by atoms with van der Waals surface area (Å²) in [5.74, 6) is 0. The lowest BCUT2D eigenvalue weighted by Crippen LogP contribution is -2.45. The first-order valence-electron chi connectivity index (χ1n) is 7.02. The summed E-state index contributed by atoms with van der Waals surface area (Å²) < 4.78 is 26.9. The molecule has 0 amide bonds. The van der Waals surface area contributed by atoms with Crippen molar-refractivity contribution in [2.24, 2.45) is 0 Å². The predicted octanol–water partition coefficient (Wildman–Crippen LogP) is 1.66. The average Bonchev–Trinajstić information content (AvgIpc) is 2.88. The molecule has 1 saturated heterocycles. The van der Waals surface area contributed by atoms with Crippen molar-refractivity contribution >= 4 is 33.0 Å². The van der Waals surface area contributed by atoms with Crippen LogP contribution in [0.25, 0.3) is 0 Å². The number of hydrogen-bond acceptors (Lipinski definition) is 5. The molecule has 0 aliphatic carbocycles. The van der Waals surface area contributed by atoms with Gasteiger partial charge in [0.15, 0.2) is 0 Å². The fraction of sp³-hybridized carbons (Fsp3) is 0.692. The van der Waals surface area contributed by atoms with Crippen molar-refractivity contribution in [2.45, 2.75) is 10.6 Å². The van der Waals surface area contributed by atoms with E-state index in [4.69, 9.17) is 11.6 Å². The van der Waals surface area contributed by atoms with E-state index < -0.39 is 10.0 Å². The van der Waals surface area contributed by atoms with E-state index in [1.54, 1.807) is 19.2 Å². The summed E-state index contributed by atoms with van der Waals surface area (Å²) in [4.78, 5) is 4.70. The van der Waals surface area contributed by atoms with Gasteiger partial charge >= 0.3 is 0 Å². The smallest absolute Gasteiger partial charge is 0.252 e. The van der Waals surface area contributed by atoms with E-state index in [-0.39, 0.29) is 0 Å². The predicted molar refractivity (Wildman–Crippen MR) is 87.7 cm³/mol. The van der Waals surface area contributed by atoms with Gasteiger partial charge in [-0.25, -0.2) is 12.7 Å². The monoisotopic (exact) mass is 351 g/mol. The van der Waals surface area contributed by atoms with Gasteiger partial charge in [-0.05, 0) is 32.1 Å². The molecule has 0 unspecified atom stereocenters. The Hall–Kier alpha value is -0.180. The van der Waals surface area contributed by atoms with Gasteiger partial charge in [0.2, 0.25) is 0 Å². The molecule has 0 spiro atoms. The Balaban J connectivity index is 1.80. The highest BCUT2D eigenvalue weighted by molar-refractivity contribution is 7.91. The molecule has 1 fully saturated rings. The number of nitrogens with zero attached hydrogens (tertiary/aromatic N) is 3. The van der Waals surface area contributed by atoms with E-state index in [0.717, 1.165) is 50.5 Å². The molecule has 1 aliphatic rings. The summed E-state index contributed by atoms with van der Waals surface area (Å²) in [5, 5.41) is 0. The van der Waals surface area contributed by atoms with Crippen molar-refractivity contribution in [1.29, 1.82) is 0 Å². The SMILES string of the molecule is CN1CCN(CCCN(C)S(=O)(=O)c2ccc(Cl)s2)CC1. The molecule has 120 valence electrons. The van der Waals surface area contributed by atoms with Crippen LogP contribution in [0.15, 0.2) is 16.3 Å². The van der Waals surface area contributed by atoms with Crippen molar-refractivity contribution < 1.29 is 8.42 Å². The fourth-order valence-corrected chi connectivity index (χ4v) is 5.20. The van der Waals surface area contributed by atoms with Crippen LogP contribution >= 0.6 is 22.9 Å². The molecule has 21 heavy (non-hydrogen) atoms. The molecule has 2 heterocycles. The van der Waals surface area contributed by atoms with Gasteiger partial charge in [-0.15, -0.1) is 11.3 Å². The summed E-state index contributed by atoms with van der Waals surface area (Å²) in [6, 6.07) is 3.19. The quantitative estimate of drug-likeness (QED) is 0.781. The second-order valence-electron chi connectivity index (χ2n) is 5.38. The van der Waals surface area contributed by atoms with Crippen LogP contribution in [0.5, 0.6) is 0 Å². The van der Waals surface area contributed by atoms with Crippen LogP contribution in [-0.4, -0.2) is 75.9 Å². The molecule has 0 aromatic carbocycles. The number of halogens is 1. The first-order valence-corrected chi connectivity index (χ1v) is 9.65. The van der Waals surface area contributed by atoms with Crippen LogP contribution < -0.4 is 0 Å². The topological polar surface area (TPSA) is 43.9 Å². The Labute approximate surface area is 136 Å². The van der Waals surface area contributed by atoms with Gasteiger partial charge in [0.25, 0.3) is 10.0 Å². The number of thiophene rings is 1. The molecule has 2 rings (SSSR count). The van der Waals surface area contributed by atoms with Crippen molar-refractivity contribution in [3.63, 3.8) is 0 Å². The third-order valence-corrected chi connectivity index (χ3v) is 7.31. The molecular formula is C13H22ClN3O2S2. The minimum absolute atomic E-state index is 0.314. The van der Waals surface area contributed by atoms with E-state index in [1.165, 1.54) is 4.31 Å². The molecule has 0 saturated carbocycles. The maximum absolute atomic E-state index is 12.3. The van der Waals surface area contributed by atoms with Gasteiger partial charge < -0.3 is 9.80 Å². The Bertz CT molecular complexity index is 554. The fourth-order valence-electron chi connectivity index (χ4n) is 2.30. The Morgan fingerprint density at radius 3 is 2.52 bits per heavy atom. The molecule has 0 radical (unpaired) electrons. The maximum Gasteiger partial charge on any atom is 0.252 e. The Morgan fingerprint density at radius 2 is 1.95 bits per heavy atom. The largest absolute Gasteiger partial charge is 0.304 e. The van der Waals surface area contributed by atoms with E-state index >= 15 is 0 Å². The van der Waals surface area contributed by atoms with Crippen LogP contribution in [-0.2, 0) is 10.0 Å². The molecule has 0 N–H and O–H groups in total. The molecular weight excluding hydrogens is 330 g/mol. The second-order valence-corrected chi connectivity index (χ2v) is 9.37. The van der Waals surface area contributed by atoms with Crippen LogP contribution in [0.3, 0.4) is 0 Å². The van der Waals surface area contributed by atoms with Gasteiger partial charge in [-0.1, -0.05) is 11.6 Å². The molecule has 1 aromatic heterocycles. The molecule has 5 nitrogen and oxygen atoms in total. The lowest BCUT2D eigenvalue weighted by Gasteiger charge is -2.32. The Kier molecular flexibility index (Phi) is 6.05. The minimum atomic E-state index is -3.39. The zero-order chi connectivity index (χ0) is 15.5. The number of likely N-dealkylation sites (N-methyl/N-ethyl adjacent to an activating group) is 1. The van der Waals surface area contributed by atoms with Crippen LogP contribution in [0, 0.1) is 0 Å². The van der Waals surface area contributed by atoms with Crippen LogP contribution in [0.2, 0.25) is 4.34 Å². The van der Waals surface area contributed by atoms with Crippen LogP contribution in [0.1, 0.15) is 6.42 Å². The second kappa shape index (κ2) is 7.39. The van der Waals surface area contributed by atoms with Crippen molar-refractivity contribution in [2.75, 3.05) is 53.4 Å². The van der Waals surface area contributed by atoms with Gasteiger partial charge in [-0.2, -0.15) is 0 Å². The molecule has 0 bridgehead atoms. The Morgan fingerprint density at radius 1 is 1.29 bits per heavy atom.